The van der Waals surface area contributed by atoms with Crippen LogP contribution in [-0.2, 0) is 0 Å². The Labute approximate surface area is 92.7 Å². The molecule has 1 heterocycles. The zero-order valence-corrected chi connectivity index (χ0v) is 8.95. The number of fused-ring (bicyclic) bond motifs is 1. The van der Waals surface area contributed by atoms with E-state index in [-0.39, 0.29) is 11.5 Å². The molecule has 0 fully saturated rings. The highest BCUT2D eigenvalue weighted by Gasteiger charge is 2.09. The normalized spacial score (nSPS) is 10.5. The Kier molecular flexibility index (Phi) is 2.40. The molecule has 0 aliphatic rings. The van der Waals surface area contributed by atoms with E-state index < -0.39 is 5.97 Å². The van der Waals surface area contributed by atoms with Crippen molar-refractivity contribution < 1.29 is 14.3 Å². The van der Waals surface area contributed by atoms with E-state index in [1.165, 1.54) is 24.3 Å². The lowest BCUT2D eigenvalue weighted by Gasteiger charge is -2.02. The summed E-state index contributed by atoms with van der Waals surface area (Å²) in [4.78, 5) is 14.5. The quantitative estimate of drug-likeness (QED) is 0.810. The molecule has 0 amide bonds. The molecule has 0 spiro atoms. The van der Waals surface area contributed by atoms with Crippen molar-refractivity contribution in [3.05, 3.63) is 40.4 Å². The highest BCUT2D eigenvalue weighted by molar-refractivity contribution is 9.10. The summed E-state index contributed by atoms with van der Waals surface area (Å²) in [5.41, 5.74) is -0.0685. The van der Waals surface area contributed by atoms with Gasteiger partial charge in [0.25, 0.3) is 0 Å². The summed E-state index contributed by atoms with van der Waals surface area (Å²) in [7, 11) is 0. The van der Waals surface area contributed by atoms with Crippen LogP contribution in [0.4, 0.5) is 4.39 Å². The Morgan fingerprint density at radius 2 is 2.13 bits per heavy atom. The van der Waals surface area contributed by atoms with Crippen LogP contribution in [0.3, 0.4) is 0 Å². The molecule has 0 atom stereocenters. The molecule has 0 saturated carbocycles. The molecule has 2 rings (SSSR count). The topological polar surface area (TPSA) is 50.2 Å². The fraction of sp³-hybridized carbons (Fsp3) is 0. The third-order valence-corrected chi connectivity index (χ3v) is 2.57. The third-order valence-electron chi connectivity index (χ3n) is 1.97. The van der Waals surface area contributed by atoms with Crippen molar-refractivity contribution in [2.75, 3.05) is 0 Å². The number of aromatic carboxylic acids is 1. The summed E-state index contributed by atoms with van der Waals surface area (Å²) in [5, 5.41) is 9.96. The number of pyridine rings is 1. The van der Waals surface area contributed by atoms with E-state index in [1.807, 2.05) is 0 Å². The Hall–Kier alpha value is -1.49. The SMILES string of the molecule is O=C(O)c1cc2ccc(F)cc2c(Br)n1. The average molecular weight is 270 g/mol. The Balaban J connectivity index is 2.78. The average Bonchev–Trinajstić information content (AvgIpc) is 2.18. The second-order valence-electron chi connectivity index (χ2n) is 2.97. The summed E-state index contributed by atoms with van der Waals surface area (Å²) < 4.78 is 13.2. The van der Waals surface area contributed by atoms with Gasteiger partial charge in [0.1, 0.15) is 16.1 Å². The van der Waals surface area contributed by atoms with E-state index in [0.29, 0.717) is 15.4 Å². The first-order valence-electron chi connectivity index (χ1n) is 4.07. The summed E-state index contributed by atoms with van der Waals surface area (Å²) in [6.07, 6.45) is 0. The summed E-state index contributed by atoms with van der Waals surface area (Å²) in [6.45, 7) is 0. The lowest BCUT2D eigenvalue weighted by atomic mass is 10.1. The number of aromatic nitrogens is 1. The highest BCUT2D eigenvalue weighted by atomic mass is 79.9. The first kappa shape index (κ1) is 10.0. The molecule has 15 heavy (non-hydrogen) atoms. The van der Waals surface area contributed by atoms with E-state index in [1.54, 1.807) is 0 Å². The number of carboxylic acid groups (broad SMARTS) is 1. The summed E-state index contributed by atoms with van der Waals surface area (Å²) in [6, 6.07) is 5.50. The molecular formula is C10H5BrFNO2. The maximum Gasteiger partial charge on any atom is 0.354 e. The number of nitrogens with zero attached hydrogens (tertiary/aromatic N) is 1. The predicted octanol–water partition coefficient (Wildman–Crippen LogP) is 2.83. The van der Waals surface area contributed by atoms with Gasteiger partial charge in [-0.3, -0.25) is 0 Å². The molecule has 1 aromatic carbocycles. The van der Waals surface area contributed by atoms with Gasteiger partial charge in [-0.05, 0) is 39.5 Å². The van der Waals surface area contributed by atoms with Crippen molar-refractivity contribution in [1.82, 2.24) is 4.98 Å². The molecular weight excluding hydrogens is 265 g/mol. The van der Waals surface area contributed by atoms with Crippen molar-refractivity contribution in [2.24, 2.45) is 0 Å². The van der Waals surface area contributed by atoms with Gasteiger partial charge in [0.05, 0.1) is 0 Å². The molecule has 2 aromatic rings. The van der Waals surface area contributed by atoms with Crippen LogP contribution >= 0.6 is 15.9 Å². The van der Waals surface area contributed by atoms with E-state index in [0.717, 1.165) is 0 Å². The lowest BCUT2D eigenvalue weighted by molar-refractivity contribution is 0.0690. The van der Waals surface area contributed by atoms with Gasteiger partial charge >= 0.3 is 5.97 Å². The zero-order valence-electron chi connectivity index (χ0n) is 7.37. The van der Waals surface area contributed by atoms with Gasteiger partial charge in [0.2, 0.25) is 0 Å². The first-order valence-corrected chi connectivity index (χ1v) is 4.86. The molecule has 76 valence electrons. The molecule has 1 N–H and O–H groups in total. The first-order chi connectivity index (χ1) is 7.08. The van der Waals surface area contributed by atoms with Crippen LogP contribution in [0, 0.1) is 5.82 Å². The van der Waals surface area contributed by atoms with Gasteiger partial charge in [0, 0.05) is 5.39 Å². The third kappa shape index (κ3) is 1.83. The summed E-state index contributed by atoms with van der Waals surface area (Å²) in [5.74, 6) is -1.49. The summed E-state index contributed by atoms with van der Waals surface area (Å²) >= 11 is 3.11. The van der Waals surface area contributed by atoms with Gasteiger partial charge in [-0.25, -0.2) is 14.2 Å². The van der Waals surface area contributed by atoms with E-state index in [9.17, 15) is 9.18 Å². The molecule has 0 aliphatic heterocycles. The van der Waals surface area contributed by atoms with Crippen molar-refractivity contribution in [1.29, 1.82) is 0 Å². The van der Waals surface area contributed by atoms with E-state index >= 15 is 0 Å². The van der Waals surface area contributed by atoms with Gasteiger partial charge in [-0.2, -0.15) is 0 Å². The maximum atomic E-state index is 12.9. The second-order valence-corrected chi connectivity index (χ2v) is 3.72. The minimum absolute atomic E-state index is 0.0685. The molecule has 5 heteroatoms. The lowest BCUT2D eigenvalue weighted by Crippen LogP contribution is -2.00. The number of rotatable bonds is 1. The Morgan fingerprint density at radius 3 is 2.80 bits per heavy atom. The smallest absolute Gasteiger partial charge is 0.354 e. The molecule has 3 nitrogen and oxygen atoms in total. The van der Waals surface area contributed by atoms with Crippen molar-refractivity contribution in [3.63, 3.8) is 0 Å². The molecule has 0 unspecified atom stereocenters. The van der Waals surface area contributed by atoms with Gasteiger partial charge in [-0.1, -0.05) is 6.07 Å². The fourth-order valence-electron chi connectivity index (χ4n) is 1.29. The number of hydrogen-bond donors (Lipinski definition) is 1. The zero-order chi connectivity index (χ0) is 11.0. The number of hydrogen-bond acceptors (Lipinski definition) is 2. The Morgan fingerprint density at radius 1 is 1.40 bits per heavy atom. The van der Waals surface area contributed by atoms with Crippen LogP contribution in [0.15, 0.2) is 28.9 Å². The van der Waals surface area contributed by atoms with Crippen molar-refractivity contribution in [3.8, 4) is 0 Å². The van der Waals surface area contributed by atoms with Crippen LogP contribution in [-0.4, -0.2) is 16.1 Å². The standard InChI is InChI=1S/C10H5BrFNO2/c11-9-7-4-6(12)2-1-5(7)3-8(13-9)10(14)15/h1-4H,(H,14,15). The molecule has 1 aromatic heterocycles. The second kappa shape index (κ2) is 3.58. The predicted molar refractivity (Wildman–Crippen MR) is 56.4 cm³/mol. The minimum Gasteiger partial charge on any atom is -0.477 e. The monoisotopic (exact) mass is 269 g/mol. The van der Waals surface area contributed by atoms with Gasteiger partial charge in [0.15, 0.2) is 0 Å². The van der Waals surface area contributed by atoms with Crippen LogP contribution in [0.1, 0.15) is 10.5 Å². The van der Waals surface area contributed by atoms with Crippen LogP contribution in [0.25, 0.3) is 10.8 Å². The molecule has 0 bridgehead atoms. The molecule has 0 aliphatic carbocycles. The number of benzene rings is 1. The maximum absolute atomic E-state index is 12.9. The van der Waals surface area contributed by atoms with Crippen molar-refractivity contribution >= 4 is 32.7 Å². The highest BCUT2D eigenvalue weighted by Crippen LogP contribution is 2.23. The van der Waals surface area contributed by atoms with Crippen LogP contribution in [0.5, 0.6) is 0 Å². The van der Waals surface area contributed by atoms with Gasteiger partial charge < -0.3 is 5.11 Å². The largest absolute Gasteiger partial charge is 0.477 e. The Bertz CT molecular complexity index is 556. The molecule has 0 saturated heterocycles. The molecule has 0 radical (unpaired) electrons. The van der Waals surface area contributed by atoms with E-state index in [2.05, 4.69) is 20.9 Å². The number of carboxylic acids is 1. The number of carbonyl (C=O) groups is 1. The fourth-order valence-corrected chi connectivity index (χ4v) is 1.82. The van der Waals surface area contributed by atoms with Crippen LogP contribution < -0.4 is 0 Å². The van der Waals surface area contributed by atoms with Crippen molar-refractivity contribution in [2.45, 2.75) is 0 Å². The van der Waals surface area contributed by atoms with E-state index in [4.69, 9.17) is 5.11 Å². The minimum atomic E-state index is -1.11. The van der Waals surface area contributed by atoms with Gasteiger partial charge in [-0.15, -0.1) is 0 Å². The van der Waals surface area contributed by atoms with Crippen LogP contribution in [0.2, 0.25) is 0 Å². The number of halogens is 2.